The Kier molecular flexibility index (Phi) is 4.83. The zero-order valence-corrected chi connectivity index (χ0v) is 12.3. The van der Waals surface area contributed by atoms with E-state index in [0.29, 0.717) is 5.41 Å². The SMILES string of the molecule is C=CC.CC(C)(C)OC(=O)N1CCC2(CC1)CC2. The molecule has 18 heavy (non-hydrogen) atoms. The van der Waals surface area contributed by atoms with Crippen molar-refractivity contribution in [3.63, 3.8) is 0 Å². The molecule has 0 bridgehead atoms. The minimum Gasteiger partial charge on any atom is -0.444 e. The van der Waals surface area contributed by atoms with Gasteiger partial charge in [0.05, 0.1) is 0 Å². The molecule has 0 radical (unpaired) electrons. The van der Waals surface area contributed by atoms with Gasteiger partial charge in [-0.05, 0) is 58.8 Å². The van der Waals surface area contributed by atoms with Crippen molar-refractivity contribution in [1.29, 1.82) is 0 Å². The van der Waals surface area contributed by atoms with Crippen LogP contribution in [0.4, 0.5) is 4.79 Å². The molecule has 104 valence electrons. The topological polar surface area (TPSA) is 29.5 Å². The lowest BCUT2D eigenvalue weighted by Crippen LogP contribution is -2.42. The van der Waals surface area contributed by atoms with Gasteiger partial charge in [-0.3, -0.25) is 0 Å². The highest BCUT2D eigenvalue weighted by Gasteiger charge is 2.45. The van der Waals surface area contributed by atoms with Crippen molar-refractivity contribution in [2.45, 2.75) is 59.0 Å². The first kappa shape index (κ1) is 15.1. The lowest BCUT2D eigenvalue weighted by Gasteiger charge is -2.33. The van der Waals surface area contributed by atoms with E-state index in [4.69, 9.17) is 4.74 Å². The van der Waals surface area contributed by atoms with Crippen molar-refractivity contribution in [2.24, 2.45) is 5.41 Å². The minimum absolute atomic E-state index is 0.141. The van der Waals surface area contributed by atoms with Gasteiger partial charge < -0.3 is 9.64 Å². The average molecular weight is 253 g/mol. The standard InChI is InChI=1S/C12H21NO2.C3H6/c1-11(2,3)15-10(14)13-8-6-12(4-5-12)7-9-13;1-3-2/h4-9H2,1-3H3;3H,1H2,2H3. The second kappa shape index (κ2) is 5.77. The summed E-state index contributed by atoms with van der Waals surface area (Å²) in [5, 5.41) is 0. The maximum absolute atomic E-state index is 11.7. The first-order valence-corrected chi connectivity index (χ1v) is 6.87. The first-order chi connectivity index (χ1) is 8.32. The minimum atomic E-state index is -0.369. The second-order valence-corrected chi connectivity index (χ2v) is 6.38. The van der Waals surface area contributed by atoms with E-state index in [2.05, 4.69) is 6.58 Å². The summed E-state index contributed by atoms with van der Waals surface area (Å²) < 4.78 is 5.35. The Balaban J connectivity index is 0.000000492. The summed E-state index contributed by atoms with van der Waals surface area (Å²) in [5.74, 6) is 0. The Bertz CT molecular complexity index is 290. The maximum Gasteiger partial charge on any atom is 0.410 e. The van der Waals surface area contributed by atoms with Gasteiger partial charge in [0.2, 0.25) is 0 Å². The van der Waals surface area contributed by atoms with Crippen LogP contribution in [0.2, 0.25) is 0 Å². The van der Waals surface area contributed by atoms with Gasteiger partial charge in [0.25, 0.3) is 0 Å². The van der Waals surface area contributed by atoms with Crippen molar-refractivity contribution in [1.82, 2.24) is 4.90 Å². The van der Waals surface area contributed by atoms with Gasteiger partial charge in [-0.15, -0.1) is 6.58 Å². The van der Waals surface area contributed by atoms with Gasteiger partial charge in [0.1, 0.15) is 5.60 Å². The molecule has 0 aromatic heterocycles. The van der Waals surface area contributed by atoms with Crippen molar-refractivity contribution in [3.8, 4) is 0 Å². The fourth-order valence-electron chi connectivity index (χ4n) is 2.17. The number of hydrogen-bond donors (Lipinski definition) is 0. The van der Waals surface area contributed by atoms with Crippen molar-refractivity contribution < 1.29 is 9.53 Å². The quantitative estimate of drug-likeness (QED) is 0.611. The molecule has 2 rings (SSSR count). The van der Waals surface area contributed by atoms with E-state index in [1.165, 1.54) is 25.7 Å². The summed E-state index contributed by atoms with van der Waals surface area (Å²) in [6, 6.07) is 0. The Hall–Kier alpha value is -0.990. The van der Waals surface area contributed by atoms with Gasteiger partial charge in [-0.1, -0.05) is 6.08 Å². The summed E-state index contributed by atoms with van der Waals surface area (Å²) in [4.78, 5) is 13.6. The third-order valence-electron chi connectivity index (χ3n) is 3.43. The highest BCUT2D eigenvalue weighted by atomic mass is 16.6. The Morgan fingerprint density at radius 1 is 1.22 bits per heavy atom. The molecule has 0 atom stereocenters. The molecule has 0 aromatic carbocycles. The monoisotopic (exact) mass is 253 g/mol. The number of amides is 1. The molecule has 1 spiro atoms. The van der Waals surface area contributed by atoms with Crippen LogP contribution in [0.3, 0.4) is 0 Å². The van der Waals surface area contributed by atoms with E-state index < -0.39 is 0 Å². The molecule has 0 aromatic rings. The summed E-state index contributed by atoms with van der Waals surface area (Å²) in [5.41, 5.74) is 0.254. The van der Waals surface area contributed by atoms with Crippen LogP contribution in [0.5, 0.6) is 0 Å². The van der Waals surface area contributed by atoms with Gasteiger partial charge in [-0.2, -0.15) is 0 Å². The molecule has 2 aliphatic rings. The molecule has 3 heteroatoms. The van der Waals surface area contributed by atoms with Gasteiger partial charge in [0.15, 0.2) is 0 Å². The fraction of sp³-hybridized carbons (Fsp3) is 0.800. The largest absolute Gasteiger partial charge is 0.444 e. The summed E-state index contributed by atoms with van der Waals surface area (Å²) >= 11 is 0. The summed E-state index contributed by atoms with van der Waals surface area (Å²) in [6.45, 7) is 12.8. The van der Waals surface area contributed by atoms with Crippen LogP contribution in [0, 0.1) is 5.41 Å². The molecule has 3 nitrogen and oxygen atoms in total. The lowest BCUT2D eigenvalue weighted by molar-refractivity contribution is 0.0173. The molecule has 1 aliphatic carbocycles. The smallest absolute Gasteiger partial charge is 0.410 e. The Morgan fingerprint density at radius 3 is 2.00 bits per heavy atom. The molecule has 0 N–H and O–H groups in total. The van der Waals surface area contributed by atoms with E-state index >= 15 is 0 Å². The molecule has 1 aliphatic heterocycles. The first-order valence-electron chi connectivity index (χ1n) is 6.87. The van der Waals surface area contributed by atoms with Crippen LogP contribution in [-0.4, -0.2) is 29.7 Å². The van der Waals surface area contributed by atoms with E-state index in [0.717, 1.165) is 13.1 Å². The van der Waals surface area contributed by atoms with Crippen LogP contribution in [-0.2, 0) is 4.74 Å². The van der Waals surface area contributed by atoms with Crippen molar-refractivity contribution in [3.05, 3.63) is 12.7 Å². The number of ether oxygens (including phenoxy) is 1. The van der Waals surface area contributed by atoms with Crippen LogP contribution in [0.15, 0.2) is 12.7 Å². The van der Waals surface area contributed by atoms with Gasteiger partial charge in [-0.25, -0.2) is 4.79 Å². The van der Waals surface area contributed by atoms with Crippen LogP contribution in [0.25, 0.3) is 0 Å². The van der Waals surface area contributed by atoms with Gasteiger partial charge in [0, 0.05) is 13.1 Å². The molecular formula is C15H27NO2. The predicted octanol–water partition coefficient (Wildman–Crippen LogP) is 3.99. The number of carbonyl (C=O) groups is 1. The third-order valence-corrected chi connectivity index (χ3v) is 3.43. The Morgan fingerprint density at radius 2 is 1.67 bits per heavy atom. The number of allylic oxidation sites excluding steroid dienone is 1. The van der Waals surface area contributed by atoms with Gasteiger partial charge >= 0.3 is 6.09 Å². The summed E-state index contributed by atoms with van der Waals surface area (Å²) in [6.07, 6.45) is 6.70. The van der Waals surface area contributed by atoms with Crippen molar-refractivity contribution >= 4 is 6.09 Å². The predicted molar refractivity (Wildman–Crippen MR) is 74.6 cm³/mol. The molecule has 1 heterocycles. The number of carbonyl (C=O) groups excluding carboxylic acids is 1. The highest BCUT2D eigenvalue weighted by Crippen LogP contribution is 2.53. The Labute approximate surface area is 111 Å². The maximum atomic E-state index is 11.7. The van der Waals surface area contributed by atoms with E-state index in [9.17, 15) is 4.79 Å². The molecular weight excluding hydrogens is 226 g/mol. The normalized spacial score (nSPS) is 20.8. The molecule has 1 amide bonds. The molecule has 2 fully saturated rings. The van der Waals surface area contributed by atoms with Crippen LogP contribution < -0.4 is 0 Å². The van der Waals surface area contributed by atoms with Crippen LogP contribution >= 0.6 is 0 Å². The number of hydrogen-bond acceptors (Lipinski definition) is 2. The van der Waals surface area contributed by atoms with E-state index in [1.807, 2.05) is 32.6 Å². The number of nitrogens with zero attached hydrogens (tertiary/aromatic N) is 1. The van der Waals surface area contributed by atoms with Crippen molar-refractivity contribution in [2.75, 3.05) is 13.1 Å². The zero-order valence-electron chi connectivity index (χ0n) is 12.3. The van der Waals surface area contributed by atoms with E-state index in [-0.39, 0.29) is 11.7 Å². The average Bonchev–Trinajstić information content (AvgIpc) is 2.97. The second-order valence-electron chi connectivity index (χ2n) is 6.38. The van der Waals surface area contributed by atoms with E-state index in [1.54, 1.807) is 6.08 Å². The number of likely N-dealkylation sites (tertiary alicyclic amines) is 1. The number of piperidine rings is 1. The highest BCUT2D eigenvalue weighted by molar-refractivity contribution is 5.68. The number of rotatable bonds is 0. The molecule has 1 saturated heterocycles. The summed E-state index contributed by atoms with van der Waals surface area (Å²) in [7, 11) is 0. The molecule has 0 unspecified atom stereocenters. The fourth-order valence-corrected chi connectivity index (χ4v) is 2.17. The zero-order chi connectivity index (χ0) is 13.8. The molecule has 1 saturated carbocycles. The van der Waals surface area contributed by atoms with Crippen LogP contribution in [0.1, 0.15) is 53.4 Å². The third kappa shape index (κ3) is 4.71. The lowest BCUT2D eigenvalue weighted by atomic mass is 9.94.